The van der Waals surface area contributed by atoms with Crippen LogP contribution in [0.2, 0.25) is 0 Å². The number of amides is 1. The van der Waals surface area contributed by atoms with E-state index in [-0.39, 0.29) is 0 Å². The van der Waals surface area contributed by atoms with Gasteiger partial charge in [0.25, 0.3) is 0 Å². The number of carbonyl (C=O) groups excluding carboxylic acids is 1. The summed E-state index contributed by atoms with van der Waals surface area (Å²) in [4.78, 5) is 15.6. The molecular formula is C21H23NO. The van der Waals surface area contributed by atoms with Gasteiger partial charge >= 0.3 is 0 Å². The number of rotatable bonds is 1. The van der Waals surface area contributed by atoms with Gasteiger partial charge in [-0.05, 0) is 73.3 Å². The Morgan fingerprint density at radius 2 is 1.96 bits per heavy atom. The highest BCUT2D eigenvalue weighted by Crippen LogP contribution is 2.75. The van der Waals surface area contributed by atoms with E-state index in [1.165, 1.54) is 32.1 Å². The first-order valence-electron chi connectivity index (χ1n) is 9.32. The van der Waals surface area contributed by atoms with Crippen LogP contribution < -0.4 is 4.90 Å². The van der Waals surface area contributed by atoms with Crippen LogP contribution in [0.15, 0.2) is 42.0 Å². The third-order valence-electron chi connectivity index (χ3n) is 8.02. The van der Waals surface area contributed by atoms with Crippen LogP contribution >= 0.6 is 0 Å². The second kappa shape index (κ2) is 4.09. The Hall–Kier alpha value is -1.57. The predicted octanol–water partition coefficient (Wildman–Crippen LogP) is 4.03. The molecule has 6 unspecified atom stereocenters. The molecule has 2 heteroatoms. The second-order valence-corrected chi connectivity index (χ2v) is 8.61. The first-order chi connectivity index (χ1) is 11.3. The molecule has 1 amide bonds. The Balaban J connectivity index is 1.43. The number of nitrogens with zero attached hydrogens (tertiary/aromatic N) is 1. The Labute approximate surface area is 137 Å². The van der Waals surface area contributed by atoms with E-state index in [0.717, 1.165) is 30.0 Å². The van der Waals surface area contributed by atoms with Crippen molar-refractivity contribution in [2.24, 2.45) is 35.0 Å². The summed E-state index contributed by atoms with van der Waals surface area (Å²) in [6, 6.07) is 10.3. The third-order valence-corrected chi connectivity index (χ3v) is 8.02. The van der Waals surface area contributed by atoms with Crippen molar-refractivity contribution in [2.45, 2.75) is 32.1 Å². The van der Waals surface area contributed by atoms with Gasteiger partial charge in [0.1, 0.15) is 0 Å². The summed E-state index contributed by atoms with van der Waals surface area (Å²) in [5.74, 6) is 4.00. The van der Waals surface area contributed by atoms with Crippen molar-refractivity contribution >= 4 is 11.6 Å². The Morgan fingerprint density at radius 1 is 1.09 bits per heavy atom. The SMILES string of the molecule is O=C1C2C(CCN1c1ccccc1)C1CC23CC2=CCC1C3C2. The summed E-state index contributed by atoms with van der Waals surface area (Å²) in [6.45, 7) is 0.925. The van der Waals surface area contributed by atoms with E-state index in [0.29, 0.717) is 23.2 Å². The van der Waals surface area contributed by atoms with Gasteiger partial charge in [-0.1, -0.05) is 29.8 Å². The summed E-state index contributed by atoms with van der Waals surface area (Å²) in [5, 5.41) is 0. The molecule has 1 aliphatic heterocycles. The lowest BCUT2D eigenvalue weighted by Gasteiger charge is -2.48. The average molecular weight is 305 g/mol. The van der Waals surface area contributed by atoms with Crippen molar-refractivity contribution in [3.8, 4) is 0 Å². The Bertz CT molecular complexity index is 723. The lowest BCUT2D eigenvalue weighted by molar-refractivity contribution is -0.133. The summed E-state index contributed by atoms with van der Waals surface area (Å²) in [6.07, 6.45) is 8.96. The molecule has 4 aliphatic carbocycles. The fourth-order valence-electron chi connectivity index (χ4n) is 7.44. The molecule has 5 aliphatic rings. The van der Waals surface area contributed by atoms with Crippen molar-refractivity contribution in [1.29, 1.82) is 0 Å². The number of piperidine rings is 1. The molecular weight excluding hydrogens is 282 g/mol. The fraction of sp³-hybridized carbons (Fsp3) is 0.571. The molecule has 3 saturated carbocycles. The molecule has 1 saturated heterocycles. The van der Waals surface area contributed by atoms with E-state index in [1.807, 2.05) is 6.07 Å². The van der Waals surface area contributed by atoms with Crippen LogP contribution in [0.3, 0.4) is 0 Å². The van der Waals surface area contributed by atoms with Gasteiger partial charge in [-0.25, -0.2) is 0 Å². The fourth-order valence-corrected chi connectivity index (χ4v) is 7.44. The average Bonchev–Trinajstić information content (AvgIpc) is 3.17. The molecule has 0 radical (unpaired) electrons. The molecule has 6 rings (SSSR count). The van der Waals surface area contributed by atoms with Crippen molar-refractivity contribution in [1.82, 2.24) is 0 Å². The lowest BCUT2D eigenvalue weighted by atomic mass is 9.59. The highest BCUT2D eigenvalue weighted by molar-refractivity contribution is 5.97. The molecule has 1 spiro atoms. The molecule has 1 aromatic carbocycles. The van der Waals surface area contributed by atoms with Gasteiger partial charge in [0.05, 0.1) is 0 Å². The highest BCUT2D eigenvalue weighted by atomic mass is 16.2. The molecule has 1 aromatic rings. The maximum absolute atomic E-state index is 13.5. The van der Waals surface area contributed by atoms with E-state index < -0.39 is 0 Å². The van der Waals surface area contributed by atoms with Crippen molar-refractivity contribution in [3.63, 3.8) is 0 Å². The zero-order valence-corrected chi connectivity index (χ0v) is 13.4. The largest absolute Gasteiger partial charge is 0.312 e. The number of carbonyl (C=O) groups is 1. The van der Waals surface area contributed by atoms with Gasteiger partial charge in [0, 0.05) is 18.2 Å². The number of para-hydroxylation sites is 1. The smallest absolute Gasteiger partial charge is 0.230 e. The number of fused-ring (bicyclic) bond motifs is 5. The van der Waals surface area contributed by atoms with Crippen LogP contribution in [0, 0.1) is 35.0 Å². The second-order valence-electron chi connectivity index (χ2n) is 8.61. The number of allylic oxidation sites excluding steroid dienone is 2. The first-order valence-corrected chi connectivity index (χ1v) is 9.32. The zero-order valence-electron chi connectivity index (χ0n) is 13.4. The van der Waals surface area contributed by atoms with Gasteiger partial charge in [-0.3, -0.25) is 4.79 Å². The van der Waals surface area contributed by atoms with Crippen LogP contribution in [-0.2, 0) is 4.79 Å². The van der Waals surface area contributed by atoms with Gasteiger partial charge in [0.15, 0.2) is 0 Å². The number of benzene rings is 1. The molecule has 118 valence electrons. The van der Waals surface area contributed by atoms with Gasteiger partial charge in [0.2, 0.25) is 5.91 Å². The summed E-state index contributed by atoms with van der Waals surface area (Å²) in [7, 11) is 0. The number of hydrogen-bond donors (Lipinski definition) is 0. The quantitative estimate of drug-likeness (QED) is 0.717. The van der Waals surface area contributed by atoms with Crippen LogP contribution in [0.25, 0.3) is 0 Å². The Kier molecular flexibility index (Phi) is 2.28. The minimum Gasteiger partial charge on any atom is -0.312 e. The van der Waals surface area contributed by atoms with Gasteiger partial charge in [-0.2, -0.15) is 0 Å². The van der Waals surface area contributed by atoms with E-state index in [9.17, 15) is 4.79 Å². The lowest BCUT2D eigenvalue weighted by Crippen LogP contribution is -2.53. The normalized spacial score (nSPS) is 46.1. The van der Waals surface area contributed by atoms with Crippen LogP contribution in [-0.4, -0.2) is 12.5 Å². The van der Waals surface area contributed by atoms with Crippen molar-refractivity contribution < 1.29 is 4.79 Å². The topological polar surface area (TPSA) is 20.3 Å². The minimum absolute atomic E-state index is 0.312. The van der Waals surface area contributed by atoms with Crippen LogP contribution in [0.4, 0.5) is 5.69 Å². The van der Waals surface area contributed by atoms with Crippen molar-refractivity contribution in [2.75, 3.05) is 11.4 Å². The predicted molar refractivity (Wildman–Crippen MR) is 89.8 cm³/mol. The molecule has 0 N–H and O–H groups in total. The van der Waals surface area contributed by atoms with E-state index in [4.69, 9.17) is 0 Å². The molecule has 2 nitrogen and oxygen atoms in total. The monoisotopic (exact) mass is 305 g/mol. The molecule has 0 aromatic heterocycles. The summed E-state index contributed by atoms with van der Waals surface area (Å²) < 4.78 is 0. The minimum atomic E-state index is 0.312. The van der Waals surface area contributed by atoms with Gasteiger partial charge < -0.3 is 4.90 Å². The molecule has 6 atom stereocenters. The number of anilines is 1. The third kappa shape index (κ3) is 1.40. The van der Waals surface area contributed by atoms with Crippen molar-refractivity contribution in [3.05, 3.63) is 42.0 Å². The Morgan fingerprint density at radius 3 is 2.83 bits per heavy atom. The van der Waals surface area contributed by atoms with Crippen LogP contribution in [0.1, 0.15) is 32.1 Å². The van der Waals surface area contributed by atoms with E-state index >= 15 is 0 Å². The van der Waals surface area contributed by atoms with E-state index in [1.54, 1.807) is 5.57 Å². The van der Waals surface area contributed by atoms with Gasteiger partial charge in [-0.15, -0.1) is 0 Å². The standard InChI is InChI=1S/C21H23NO/c23-20-19-16(8-9-22(20)14-4-2-1-3-5-14)17-12-21(19)11-13-6-7-15(17)18(21)10-13/h1-6,15-19H,7-12H2. The molecule has 23 heavy (non-hydrogen) atoms. The molecule has 4 fully saturated rings. The highest BCUT2D eigenvalue weighted by Gasteiger charge is 2.71. The summed E-state index contributed by atoms with van der Waals surface area (Å²) in [5.41, 5.74) is 3.12. The molecule has 1 heterocycles. The van der Waals surface area contributed by atoms with Crippen LogP contribution in [0.5, 0.6) is 0 Å². The molecule has 4 bridgehead atoms. The summed E-state index contributed by atoms with van der Waals surface area (Å²) >= 11 is 0. The first kappa shape index (κ1) is 12.8. The number of hydrogen-bond acceptors (Lipinski definition) is 1. The maximum atomic E-state index is 13.5. The zero-order chi connectivity index (χ0) is 15.2. The maximum Gasteiger partial charge on any atom is 0.230 e. The van der Waals surface area contributed by atoms with E-state index in [2.05, 4.69) is 35.2 Å².